The molecule has 2 amide bonds. The van der Waals surface area contributed by atoms with E-state index in [4.69, 9.17) is 20.8 Å². The zero-order valence-corrected chi connectivity index (χ0v) is 15.1. The van der Waals surface area contributed by atoms with Gasteiger partial charge in [-0.25, -0.2) is 4.85 Å². The number of imide groups is 1. The first-order valence-electron chi connectivity index (χ1n) is 9.01. The standard InChI is InChI=1S/C21H18N2O5/c1-22-18-11-14(7-8-19(18)28-13-15-12-27-15)26-10-4-9-23-20(24)16-5-2-3-6-17(16)21(23)25/h2-3,5-8,11,15H,4,9-10,12-13H2/t15-/m0/s1. The summed E-state index contributed by atoms with van der Waals surface area (Å²) in [5, 5.41) is 0. The second-order valence-electron chi connectivity index (χ2n) is 6.52. The number of rotatable bonds is 8. The summed E-state index contributed by atoms with van der Waals surface area (Å²) in [6.45, 7) is 9.03. The minimum absolute atomic E-state index is 0.122. The van der Waals surface area contributed by atoms with Gasteiger partial charge in [0.05, 0.1) is 30.9 Å². The third-order valence-electron chi connectivity index (χ3n) is 4.55. The smallest absolute Gasteiger partial charge is 0.261 e. The van der Waals surface area contributed by atoms with Gasteiger partial charge in [0.2, 0.25) is 5.69 Å². The Bertz CT molecular complexity index is 927. The van der Waals surface area contributed by atoms with Crippen LogP contribution in [0.1, 0.15) is 27.1 Å². The van der Waals surface area contributed by atoms with Gasteiger partial charge in [0, 0.05) is 6.54 Å². The molecule has 0 saturated carbocycles. The average Bonchev–Trinajstić information content (AvgIpc) is 3.52. The van der Waals surface area contributed by atoms with E-state index in [-0.39, 0.29) is 24.5 Å². The van der Waals surface area contributed by atoms with E-state index in [9.17, 15) is 9.59 Å². The molecule has 1 fully saturated rings. The van der Waals surface area contributed by atoms with Crippen molar-refractivity contribution in [3.8, 4) is 11.5 Å². The molecule has 4 rings (SSSR count). The van der Waals surface area contributed by atoms with E-state index in [0.29, 0.717) is 54.6 Å². The quantitative estimate of drug-likeness (QED) is 0.305. The summed E-state index contributed by atoms with van der Waals surface area (Å²) >= 11 is 0. The van der Waals surface area contributed by atoms with Crippen molar-refractivity contribution in [3.05, 3.63) is 65.0 Å². The molecule has 0 bridgehead atoms. The Kier molecular flexibility index (Phi) is 4.96. The molecule has 0 N–H and O–H groups in total. The Balaban J connectivity index is 1.29. The second kappa shape index (κ2) is 7.71. The fourth-order valence-corrected chi connectivity index (χ4v) is 3.00. The number of carbonyl (C=O) groups is 2. The van der Waals surface area contributed by atoms with Crippen LogP contribution in [0, 0.1) is 6.57 Å². The summed E-state index contributed by atoms with van der Waals surface area (Å²) < 4.78 is 16.3. The summed E-state index contributed by atoms with van der Waals surface area (Å²) in [6, 6.07) is 11.9. The van der Waals surface area contributed by atoms with Crippen molar-refractivity contribution >= 4 is 17.5 Å². The lowest BCUT2D eigenvalue weighted by molar-refractivity contribution is 0.0646. The fraction of sp³-hybridized carbons (Fsp3) is 0.286. The third-order valence-corrected chi connectivity index (χ3v) is 4.55. The monoisotopic (exact) mass is 378 g/mol. The van der Waals surface area contributed by atoms with E-state index in [1.807, 2.05) is 0 Å². The Morgan fingerprint density at radius 2 is 1.82 bits per heavy atom. The van der Waals surface area contributed by atoms with Crippen LogP contribution in [0.25, 0.3) is 4.85 Å². The molecular formula is C21H18N2O5. The number of epoxide rings is 1. The number of ether oxygens (including phenoxy) is 3. The first-order valence-corrected chi connectivity index (χ1v) is 9.01. The van der Waals surface area contributed by atoms with Gasteiger partial charge in [0.1, 0.15) is 24.2 Å². The molecule has 0 aliphatic carbocycles. The van der Waals surface area contributed by atoms with Gasteiger partial charge >= 0.3 is 0 Å². The van der Waals surface area contributed by atoms with E-state index >= 15 is 0 Å². The maximum Gasteiger partial charge on any atom is 0.261 e. The highest BCUT2D eigenvalue weighted by atomic mass is 16.6. The molecule has 2 aliphatic rings. The normalized spacial score (nSPS) is 17.2. The van der Waals surface area contributed by atoms with Gasteiger partial charge in [-0.05, 0) is 36.8 Å². The van der Waals surface area contributed by atoms with E-state index in [0.717, 1.165) is 0 Å². The molecule has 2 aromatic carbocycles. The lowest BCUT2D eigenvalue weighted by Gasteiger charge is -2.14. The van der Waals surface area contributed by atoms with Gasteiger partial charge in [-0.1, -0.05) is 12.1 Å². The van der Waals surface area contributed by atoms with Gasteiger partial charge in [0.15, 0.2) is 0 Å². The van der Waals surface area contributed by atoms with Crippen LogP contribution in [-0.2, 0) is 4.74 Å². The second-order valence-corrected chi connectivity index (χ2v) is 6.52. The van der Waals surface area contributed by atoms with Gasteiger partial charge in [-0.3, -0.25) is 14.5 Å². The zero-order chi connectivity index (χ0) is 19.5. The van der Waals surface area contributed by atoms with Crippen LogP contribution in [0.3, 0.4) is 0 Å². The predicted molar refractivity (Wildman–Crippen MR) is 99.9 cm³/mol. The summed E-state index contributed by atoms with van der Waals surface area (Å²) in [5.74, 6) is 0.515. The minimum atomic E-state index is -0.267. The predicted octanol–water partition coefficient (Wildman–Crippen LogP) is 3.08. The first kappa shape index (κ1) is 18.0. The van der Waals surface area contributed by atoms with Crippen LogP contribution in [0.2, 0.25) is 0 Å². The van der Waals surface area contributed by atoms with Crippen molar-refractivity contribution in [3.63, 3.8) is 0 Å². The van der Waals surface area contributed by atoms with Crippen molar-refractivity contribution in [2.45, 2.75) is 12.5 Å². The Hall–Kier alpha value is -3.37. The topological polar surface area (TPSA) is 72.7 Å². The summed E-state index contributed by atoms with van der Waals surface area (Å²) in [7, 11) is 0. The van der Waals surface area contributed by atoms with E-state index in [1.54, 1.807) is 42.5 Å². The zero-order valence-electron chi connectivity index (χ0n) is 15.1. The lowest BCUT2D eigenvalue weighted by Crippen LogP contribution is -2.31. The van der Waals surface area contributed by atoms with Crippen molar-refractivity contribution in [2.24, 2.45) is 0 Å². The largest absolute Gasteiger partial charge is 0.502 e. The molecule has 2 aromatic rings. The number of amides is 2. The number of hydrogen-bond donors (Lipinski definition) is 0. The van der Waals surface area contributed by atoms with E-state index in [1.165, 1.54) is 4.90 Å². The van der Waals surface area contributed by atoms with Gasteiger partial charge in [0.25, 0.3) is 11.8 Å². The molecule has 0 radical (unpaired) electrons. The van der Waals surface area contributed by atoms with Crippen LogP contribution < -0.4 is 9.47 Å². The van der Waals surface area contributed by atoms with Gasteiger partial charge < -0.3 is 14.2 Å². The molecule has 28 heavy (non-hydrogen) atoms. The SMILES string of the molecule is [C-]#[N+]c1cc(OCCCN2C(=O)c3ccccc3C2=O)ccc1OC[C@@H]1CO1. The van der Waals surface area contributed by atoms with Crippen LogP contribution in [0.15, 0.2) is 42.5 Å². The van der Waals surface area contributed by atoms with Crippen molar-refractivity contribution in [1.29, 1.82) is 0 Å². The molecular weight excluding hydrogens is 360 g/mol. The minimum Gasteiger partial charge on any atom is -0.502 e. The molecule has 0 aromatic heterocycles. The molecule has 2 aliphatic heterocycles. The molecule has 7 nitrogen and oxygen atoms in total. The summed E-state index contributed by atoms with van der Waals surface area (Å²) in [6.07, 6.45) is 0.618. The fourth-order valence-electron chi connectivity index (χ4n) is 3.00. The molecule has 0 spiro atoms. The number of carbonyl (C=O) groups excluding carboxylic acids is 2. The first-order chi connectivity index (χ1) is 13.7. The highest BCUT2D eigenvalue weighted by Crippen LogP contribution is 2.32. The highest BCUT2D eigenvalue weighted by Gasteiger charge is 2.34. The number of benzene rings is 2. The van der Waals surface area contributed by atoms with Gasteiger partial charge in [-0.15, -0.1) is 0 Å². The van der Waals surface area contributed by atoms with Crippen molar-refractivity contribution in [2.75, 3.05) is 26.4 Å². The maximum absolute atomic E-state index is 12.3. The van der Waals surface area contributed by atoms with E-state index in [2.05, 4.69) is 4.85 Å². The molecule has 0 unspecified atom stereocenters. The Morgan fingerprint density at radius 3 is 2.46 bits per heavy atom. The molecule has 1 saturated heterocycles. The van der Waals surface area contributed by atoms with Crippen LogP contribution in [0.4, 0.5) is 5.69 Å². The number of hydrogen-bond acceptors (Lipinski definition) is 5. The summed E-state index contributed by atoms with van der Waals surface area (Å²) in [4.78, 5) is 29.3. The van der Waals surface area contributed by atoms with Crippen molar-refractivity contribution in [1.82, 2.24) is 4.90 Å². The number of nitrogens with zero attached hydrogens (tertiary/aromatic N) is 2. The highest BCUT2D eigenvalue weighted by molar-refractivity contribution is 6.21. The maximum atomic E-state index is 12.3. The molecule has 1 atom stereocenters. The Labute approximate surface area is 162 Å². The van der Waals surface area contributed by atoms with Gasteiger partial charge in [-0.2, -0.15) is 0 Å². The van der Waals surface area contributed by atoms with Crippen LogP contribution >= 0.6 is 0 Å². The van der Waals surface area contributed by atoms with Crippen molar-refractivity contribution < 1.29 is 23.8 Å². The van der Waals surface area contributed by atoms with Crippen LogP contribution in [0.5, 0.6) is 11.5 Å². The molecule has 142 valence electrons. The lowest BCUT2D eigenvalue weighted by atomic mass is 10.1. The third kappa shape index (κ3) is 3.68. The average molecular weight is 378 g/mol. The Morgan fingerprint density at radius 1 is 1.11 bits per heavy atom. The van der Waals surface area contributed by atoms with Crippen LogP contribution in [-0.4, -0.2) is 49.2 Å². The summed E-state index contributed by atoms with van der Waals surface area (Å²) in [5.41, 5.74) is 1.27. The molecule has 7 heteroatoms. The molecule has 2 heterocycles. The number of fused-ring (bicyclic) bond motifs is 1. The van der Waals surface area contributed by atoms with E-state index < -0.39 is 0 Å².